The quantitative estimate of drug-likeness (QED) is 0.206. The summed E-state index contributed by atoms with van der Waals surface area (Å²) in [6.45, 7) is 5.25. The molecule has 0 aromatic heterocycles. The Morgan fingerprint density at radius 2 is 0.786 bits per heavy atom. The minimum Gasteiger partial charge on any atom is -1.00 e. The second-order valence-corrected chi connectivity index (χ2v) is 61.8. The monoisotopic (exact) mass is 1130 g/mol. The molecule has 6 aromatic carbocycles. The number of allylic oxidation sites excluding steroid dienone is 8. The van der Waals surface area contributed by atoms with Gasteiger partial charge in [-0.3, -0.25) is 0 Å². The van der Waals surface area contributed by atoms with E-state index in [1.807, 2.05) is 6.66 Å². The molecule has 0 aliphatic heterocycles. The number of benzene rings is 6. The standard InChI is InChI=1S/2C13H9.2C7H9Si.2C5H5.2ClH.2Hf/c2*1-3-7-12-10(5-1)9-11-6-2-4-8-13(11)12;2*1-8-7-5-3-2-4-6-7;2*1-2-4-5-3-1;;;;/h2*1-5,7-8H,9H2;2*2-6,8H,1H3;2*1-3H,4H2;2*1H;;/q;;;;;;;;2*+1/p-2. The SMILES string of the molecule is C[SiH](c1ccccc1)[Hf+]([C]1=CC=CC1)[c]1cccc2c1Cc1ccccc1-2.C[SiH](c1ccccc1)[Hf+]([C]1=CC=CC1)[c]1cccc2c1Cc1ccccc1-2.[Cl-].[Cl-]. The Bertz CT molecular complexity index is 2280. The summed E-state index contributed by atoms with van der Waals surface area (Å²) in [5.41, 5.74) is 12.3. The molecule has 6 aromatic rings. The summed E-state index contributed by atoms with van der Waals surface area (Å²) in [5.74, 6) is -1.97. The average molecular weight is 1130 g/mol. The Labute approximate surface area is 363 Å². The second kappa shape index (κ2) is 18.7. The van der Waals surface area contributed by atoms with Crippen molar-refractivity contribution in [2.24, 2.45) is 0 Å². The molecule has 0 fully saturated rings. The molecule has 0 spiro atoms. The second-order valence-electron chi connectivity index (χ2n) is 15.1. The van der Waals surface area contributed by atoms with Crippen molar-refractivity contribution in [1.82, 2.24) is 0 Å². The summed E-state index contributed by atoms with van der Waals surface area (Å²) in [4.78, 5) is 0. The van der Waals surface area contributed by atoms with Gasteiger partial charge >= 0.3 is 342 Å². The van der Waals surface area contributed by atoms with E-state index in [0.717, 1.165) is 12.8 Å². The fourth-order valence-corrected chi connectivity index (χ4v) is 67.7. The normalized spacial score (nSPS) is 14.7. The Hall–Kier alpha value is -2.97. The third-order valence-electron chi connectivity index (χ3n) is 12.0. The summed E-state index contributed by atoms with van der Waals surface area (Å²) in [6, 6.07) is 55.2. The van der Waals surface area contributed by atoms with Crippen LogP contribution in [0.4, 0.5) is 0 Å². The van der Waals surface area contributed by atoms with Gasteiger partial charge in [-0.1, -0.05) is 0 Å². The largest absolute Gasteiger partial charge is 1.00 e. The molecule has 6 heteroatoms. The van der Waals surface area contributed by atoms with Crippen molar-refractivity contribution in [3.63, 3.8) is 0 Å². The van der Waals surface area contributed by atoms with Crippen LogP contribution in [-0.4, -0.2) is 12.0 Å². The summed E-state index contributed by atoms with van der Waals surface area (Å²) < 4.78 is 7.19. The van der Waals surface area contributed by atoms with Gasteiger partial charge in [-0.05, 0) is 0 Å². The van der Waals surface area contributed by atoms with E-state index in [0.29, 0.717) is 0 Å². The molecule has 10 rings (SSSR count). The minimum absolute atomic E-state index is 0. The molecular weight excluding hydrogens is 1080 g/mol. The van der Waals surface area contributed by atoms with Crippen molar-refractivity contribution in [3.05, 3.63) is 211 Å². The molecule has 56 heavy (non-hydrogen) atoms. The molecule has 0 saturated heterocycles. The predicted octanol–water partition coefficient (Wildman–Crippen LogP) is 3.22. The zero-order valence-corrected chi connectivity index (χ0v) is 43.1. The van der Waals surface area contributed by atoms with Gasteiger partial charge in [-0.2, -0.15) is 0 Å². The van der Waals surface area contributed by atoms with Crippen LogP contribution in [0, 0.1) is 0 Å². The molecule has 0 amide bonds. The van der Waals surface area contributed by atoms with E-state index in [-0.39, 0.29) is 24.8 Å². The Kier molecular flexibility index (Phi) is 13.8. The van der Waals surface area contributed by atoms with Crippen LogP contribution in [0.5, 0.6) is 0 Å². The van der Waals surface area contributed by atoms with Gasteiger partial charge in [0.2, 0.25) is 0 Å². The number of halogens is 2. The molecule has 4 aliphatic rings. The number of fused-ring (bicyclic) bond motifs is 6. The summed E-state index contributed by atoms with van der Waals surface area (Å²) in [7, 11) is 0. The number of rotatable bonds is 8. The van der Waals surface area contributed by atoms with E-state index in [9.17, 15) is 0 Å². The summed E-state index contributed by atoms with van der Waals surface area (Å²) in [6.07, 6.45) is 18.9. The zero-order valence-electron chi connectivity index (χ0n) is 32.1. The van der Waals surface area contributed by atoms with Gasteiger partial charge in [-0.25, -0.2) is 0 Å². The van der Waals surface area contributed by atoms with Crippen LogP contribution in [0.2, 0.25) is 13.1 Å². The molecule has 4 aliphatic carbocycles. The maximum Gasteiger partial charge on any atom is -1.00 e. The maximum absolute atomic E-state index is 2.62. The first kappa shape index (κ1) is 41.2. The summed E-state index contributed by atoms with van der Waals surface area (Å²) in [5, 5.41) is 3.31. The van der Waals surface area contributed by atoms with Gasteiger partial charge in [0.15, 0.2) is 0 Å². The molecule has 2 atom stereocenters. The zero-order chi connectivity index (χ0) is 36.4. The number of hydrogen-bond donors (Lipinski definition) is 0. The fraction of sp³-hybridized carbons (Fsp3) is 0.120. The Morgan fingerprint density at radius 1 is 0.411 bits per heavy atom. The van der Waals surface area contributed by atoms with Crippen LogP contribution >= 0.6 is 0 Å². The van der Waals surface area contributed by atoms with Crippen LogP contribution in [0.1, 0.15) is 35.1 Å². The van der Waals surface area contributed by atoms with Gasteiger partial charge in [0.05, 0.1) is 0 Å². The topological polar surface area (TPSA) is 0 Å². The van der Waals surface area contributed by atoms with Gasteiger partial charge < -0.3 is 24.8 Å². The van der Waals surface area contributed by atoms with Crippen molar-refractivity contribution in [1.29, 1.82) is 0 Å². The van der Waals surface area contributed by atoms with Crippen LogP contribution in [0.15, 0.2) is 189 Å². The molecule has 276 valence electrons. The van der Waals surface area contributed by atoms with Crippen molar-refractivity contribution in [2.75, 3.05) is 0 Å². The van der Waals surface area contributed by atoms with Gasteiger partial charge in [0, 0.05) is 0 Å². The smallest absolute Gasteiger partial charge is 1.00 e. The molecular formula is C50H46Cl2Hf2Si2. The van der Waals surface area contributed by atoms with Gasteiger partial charge in [-0.15, -0.1) is 0 Å². The van der Waals surface area contributed by atoms with E-state index in [1.165, 1.54) is 46.2 Å². The molecule has 0 radical (unpaired) electrons. The Balaban J connectivity index is 0.000000166. The van der Waals surface area contributed by atoms with Gasteiger partial charge in [0.1, 0.15) is 0 Å². The van der Waals surface area contributed by atoms with Crippen LogP contribution < -0.4 is 41.8 Å². The number of hydrogen-bond acceptors (Lipinski definition) is 0. The van der Waals surface area contributed by atoms with E-state index in [1.54, 1.807) is 28.1 Å². The molecule has 0 bridgehead atoms. The van der Waals surface area contributed by atoms with Crippen molar-refractivity contribution in [3.8, 4) is 22.3 Å². The van der Waals surface area contributed by atoms with Crippen molar-refractivity contribution >= 4 is 29.0 Å². The molecule has 0 heterocycles. The van der Waals surface area contributed by atoms with E-state index in [4.69, 9.17) is 0 Å². The molecule has 0 saturated carbocycles. The molecule has 2 unspecified atom stereocenters. The van der Waals surface area contributed by atoms with Crippen LogP contribution in [-0.2, 0) is 54.1 Å². The average Bonchev–Trinajstić information content (AvgIpc) is 4.07. The van der Waals surface area contributed by atoms with E-state index < -0.39 is 53.2 Å². The third-order valence-corrected chi connectivity index (χ3v) is 68.7. The van der Waals surface area contributed by atoms with Gasteiger partial charge in [0.25, 0.3) is 0 Å². The first-order chi connectivity index (χ1) is 26.7. The first-order valence-corrected chi connectivity index (χ1v) is 43.9. The molecule has 0 N–H and O–H groups in total. The fourth-order valence-electron chi connectivity index (χ4n) is 9.30. The van der Waals surface area contributed by atoms with Crippen molar-refractivity contribution in [2.45, 2.75) is 38.8 Å². The van der Waals surface area contributed by atoms with E-state index in [2.05, 4.69) is 195 Å². The first-order valence-electron chi connectivity index (χ1n) is 19.6. The Morgan fingerprint density at radius 3 is 1.18 bits per heavy atom. The van der Waals surface area contributed by atoms with Crippen molar-refractivity contribution < 1.29 is 66.0 Å². The third kappa shape index (κ3) is 8.17. The van der Waals surface area contributed by atoms with E-state index >= 15 is 0 Å². The van der Waals surface area contributed by atoms with Crippen LogP contribution in [0.3, 0.4) is 0 Å². The minimum atomic E-state index is -2.15. The maximum atomic E-state index is 2.62. The predicted molar refractivity (Wildman–Crippen MR) is 230 cm³/mol. The summed E-state index contributed by atoms with van der Waals surface area (Å²) >= 11 is -4.29. The van der Waals surface area contributed by atoms with Crippen LogP contribution in [0.25, 0.3) is 22.3 Å². The molecule has 0 nitrogen and oxygen atoms in total.